The lowest BCUT2D eigenvalue weighted by atomic mass is 10.1. The van der Waals surface area contributed by atoms with Crippen LogP contribution in [-0.2, 0) is 0 Å². The van der Waals surface area contributed by atoms with Gasteiger partial charge in [-0.2, -0.15) is 0 Å². The second kappa shape index (κ2) is 4.72. The van der Waals surface area contributed by atoms with Gasteiger partial charge in [0.2, 0.25) is 0 Å². The second-order valence-electron chi connectivity index (χ2n) is 2.67. The summed E-state index contributed by atoms with van der Waals surface area (Å²) in [6.45, 7) is 1.00. The Hall–Kier alpha value is -0.420. The maximum absolute atomic E-state index is 12.5. The summed E-state index contributed by atoms with van der Waals surface area (Å²) in [6.07, 6.45) is -11.4. The van der Waals surface area contributed by atoms with E-state index in [-0.39, 0.29) is 0 Å². The maximum atomic E-state index is 12.5. The molecule has 0 bridgehead atoms. The monoisotopic (exact) mass is 208 g/mol. The molecular weight excluding hydrogens is 198 g/mol. The van der Waals surface area contributed by atoms with Gasteiger partial charge in [-0.15, -0.1) is 0 Å². The van der Waals surface area contributed by atoms with Crippen molar-refractivity contribution >= 4 is 0 Å². The third-order valence-corrected chi connectivity index (χ3v) is 1.64. The molecule has 0 nitrogen and oxygen atoms in total. The molecule has 0 aromatic heterocycles. The van der Waals surface area contributed by atoms with Crippen LogP contribution in [0.25, 0.3) is 0 Å². The summed E-state index contributed by atoms with van der Waals surface area (Å²) in [5, 5.41) is 0. The average Bonchev–Trinajstić information content (AvgIpc) is 2.04. The van der Waals surface area contributed by atoms with Gasteiger partial charge in [-0.05, 0) is 0 Å². The standard InChI is InChI=1S/C7H10F6/c1-2-7(12,13)5(9)3-4(8)6(10)11/h4-6H,2-3H2,1H3/t4?,5-/m0/s1. The van der Waals surface area contributed by atoms with E-state index >= 15 is 0 Å². The lowest BCUT2D eigenvalue weighted by molar-refractivity contribution is -0.0929. The molecule has 0 N–H and O–H groups in total. The minimum Gasteiger partial charge on any atom is -0.241 e. The lowest BCUT2D eigenvalue weighted by Gasteiger charge is -2.20. The van der Waals surface area contributed by atoms with Gasteiger partial charge in [-0.3, -0.25) is 0 Å². The molecule has 80 valence electrons. The normalized spacial score (nSPS) is 17.5. The van der Waals surface area contributed by atoms with Gasteiger partial charge in [0.1, 0.15) is 0 Å². The fourth-order valence-electron chi connectivity index (χ4n) is 0.694. The quantitative estimate of drug-likeness (QED) is 0.607. The van der Waals surface area contributed by atoms with Crippen molar-refractivity contribution in [3.05, 3.63) is 0 Å². The van der Waals surface area contributed by atoms with Gasteiger partial charge in [-0.25, -0.2) is 26.3 Å². The van der Waals surface area contributed by atoms with Crippen molar-refractivity contribution in [2.24, 2.45) is 0 Å². The molecule has 2 atom stereocenters. The van der Waals surface area contributed by atoms with Crippen LogP contribution in [0.1, 0.15) is 19.8 Å². The Kier molecular flexibility index (Phi) is 4.56. The SMILES string of the molecule is CCC(F)(F)[C@@H](F)CC(F)C(F)F. The van der Waals surface area contributed by atoms with Gasteiger partial charge in [0.15, 0.2) is 12.3 Å². The minimum atomic E-state index is -3.72. The van der Waals surface area contributed by atoms with E-state index in [1.807, 2.05) is 0 Å². The van der Waals surface area contributed by atoms with E-state index < -0.39 is 37.5 Å². The van der Waals surface area contributed by atoms with Gasteiger partial charge in [0.25, 0.3) is 12.3 Å². The Morgan fingerprint density at radius 3 is 1.85 bits per heavy atom. The van der Waals surface area contributed by atoms with Crippen molar-refractivity contribution in [1.29, 1.82) is 0 Å². The smallest absolute Gasteiger partial charge is 0.241 e. The number of hydrogen-bond donors (Lipinski definition) is 0. The Labute approximate surface area is 71.9 Å². The number of halogens is 6. The molecule has 0 spiro atoms. The summed E-state index contributed by atoms with van der Waals surface area (Å²) in [6, 6.07) is 0. The molecule has 0 fully saturated rings. The largest absolute Gasteiger partial charge is 0.278 e. The second-order valence-corrected chi connectivity index (χ2v) is 2.67. The zero-order valence-electron chi connectivity index (χ0n) is 6.91. The van der Waals surface area contributed by atoms with E-state index in [1.165, 1.54) is 0 Å². The van der Waals surface area contributed by atoms with Crippen LogP contribution >= 0.6 is 0 Å². The van der Waals surface area contributed by atoms with Crippen LogP contribution < -0.4 is 0 Å². The van der Waals surface area contributed by atoms with Crippen LogP contribution in [0, 0.1) is 0 Å². The molecule has 0 aliphatic carbocycles. The molecule has 0 aromatic carbocycles. The van der Waals surface area contributed by atoms with Gasteiger partial charge in [-0.1, -0.05) is 6.92 Å². The minimum absolute atomic E-state index is 0.829. The highest BCUT2D eigenvalue weighted by Crippen LogP contribution is 2.29. The molecule has 0 saturated carbocycles. The van der Waals surface area contributed by atoms with Crippen molar-refractivity contribution in [2.75, 3.05) is 0 Å². The van der Waals surface area contributed by atoms with E-state index in [0.717, 1.165) is 6.92 Å². The Morgan fingerprint density at radius 2 is 1.54 bits per heavy atom. The van der Waals surface area contributed by atoms with Crippen molar-refractivity contribution in [3.63, 3.8) is 0 Å². The zero-order chi connectivity index (χ0) is 10.6. The molecule has 0 amide bonds. The van der Waals surface area contributed by atoms with E-state index in [1.54, 1.807) is 0 Å². The maximum Gasteiger partial charge on any atom is 0.278 e. The number of hydrogen-bond acceptors (Lipinski definition) is 0. The highest BCUT2D eigenvalue weighted by atomic mass is 19.3. The lowest BCUT2D eigenvalue weighted by Crippen LogP contribution is -2.33. The topological polar surface area (TPSA) is 0 Å². The van der Waals surface area contributed by atoms with Crippen molar-refractivity contribution in [2.45, 2.75) is 44.5 Å². The summed E-state index contributed by atoms with van der Waals surface area (Å²) in [5.41, 5.74) is 0. The molecule has 0 radical (unpaired) electrons. The third kappa shape index (κ3) is 3.87. The highest BCUT2D eigenvalue weighted by Gasteiger charge is 2.41. The number of alkyl halides is 6. The summed E-state index contributed by atoms with van der Waals surface area (Å²) in [7, 11) is 0. The Morgan fingerprint density at radius 1 is 1.08 bits per heavy atom. The molecule has 0 rings (SSSR count). The van der Waals surface area contributed by atoms with Crippen molar-refractivity contribution in [3.8, 4) is 0 Å². The number of rotatable bonds is 5. The predicted molar refractivity (Wildman–Crippen MR) is 35.7 cm³/mol. The van der Waals surface area contributed by atoms with Crippen molar-refractivity contribution in [1.82, 2.24) is 0 Å². The van der Waals surface area contributed by atoms with Gasteiger partial charge < -0.3 is 0 Å². The van der Waals surface area contributed by atoms with E-state index in [2.05, 4.69) is 0 Å². The molecule has 0 aromatic rings. The summed E-state index contributed by atoms with van der Waals surface area (Å²) in [4.78, 5) is 0. The fourth-order valence-corrected chi connectivity index (χ4v) is 0.694. The molecule has 0 saturated heterocycles. The van der Waals surface area contributed by atoms with Gasteiger partial charge in [0, 0.05) is 12.8 Å². The highest BCUT2D eigenvalue weighted by molar-refractivity contribution is 4.78. The third-order valence-electron chi connectivity index (χ3n) is 1.64. The predicted octanol–water partition coefficient (Wildman–Crippen LogP) is 3.36. The van der Waals surface area contributed by atoms with Gasteiger partial charge in [0.05, 0.1) is 0 Å². The van der Waals surface area contributed by atoms with Crippen LogP contribution in [0.4, 0.5) is 26.3 Å². The van der Waals surface area contributed by atoms with Crippen LogP contribution in [0.15, 0.2) is 0 Å². The molecule has 0 aliphatic heterocycles. The molecule has 6 heteroatoms. The van der Waals surface area contributed by atoms with Crippen LogP contribution in [0.5, 0.6) is 0 Å². The van der Waals surface area contributed by atoms with Gasteiger partial charge >= 0.3 is 0 Å². The molecule has 0 aliphatic rings. The first-order valence-corrected chi connectivity index (χ1v) is 3.75. The molecular formula is C7H10F6. The van der Waals surface area contributed by atoms with E-state index in [9.17, 15) is 26.3 Å². The Balaban J connectivity index is 4.06. The van der Waals surface area contributed by atoms with Crippen LogP contribution in [0.3, 0.4) is 0 Å². The summed E-state index contributed by atoms with van der Waals surface area (Å²) in [5.74, 6) is -3.72. The zero-order valence-corrected chi connectivity index (χ0v) is 6.91. The molecule has 0 heterocycles. The summed E-state index contributed by atoms with van der Waals surface area (Å²) >= 11 is 0. The van der Waals surface area contributed by atoms with Crippen LogP contribution in [0.2, 0.25) is 0 Å². The first kappa shape index (κ1) is 12.6. The first-order chi connectivity index (χ1) is 5.81. The first-order valence-electron chi connectivity index (χ1n) is 3.75. The molecule has 13 heavy (non-hydrogen) atoms. The van der Waals surface area contributed by atoms with E-state index in [4.69, 9.17) is 0 Å². The van der Waals surface area contributed by atoms with Crippen molar-refractivity contribution < 1.29 is 26.3 Å². The van der Waals surface area contributed by atoms with E-state index in [0.29, 0.717) is 0 Å². The molecule has 1 unspecified atom stereocenters. The fraction of sp³-hybridized carbons (Fsp3) is 1.00. The average molecular weight is 208 g/mol. The summed E-state index contributed by atoms with van der Waals surface area (Å²) < 4.78 is 72.3. The Bertz CT molecular complexity index is 146. The van der Waals surface area contributed by atoms with Crippen LogP contribution in [-0.4, -0.2) is 24.7 Å².